The first-order chi connectivity index (χ1) is 6.68. The molecular formula is C10H12N2OS. The molecule has 0 amide bonds. The quantitative estimate of drug-likeness (QED) is 0.825. The molecule has 0 spiro atoms. The van der Waals surface area contributed by atoms with E-state index in [4.69, 9.17) is 10.2 Å². The predicted octanol–water partition coefficient (Wildman–Crippen LogP) is 3.11. The zero-order valence-corrected chi connectivity index (χ0v) is 8.97. The highest BCUT2D eigenvalue weighted by molar-refractivity contribution is 7.13. The third-order valence-electron chi connectivity index (χ3n) is 1.96. The second-order valence-electron chi connectivity index (χ2n) is 3.40. The summed E-state index contributed by atoms with van der Waals surface area (Å²) in [6.45, 7) is 4.16. The van der Waals surface area contributed by atoms with Gasteiger partial charge in [0, 0.05) is 0 Å². The summed E-state index contributed by atoms with van der Waals surface area (Å²) < 4.78 is 5.40. The average Bonchev–Trinajstić information content (AvgIpc) is 2.70. The van der Waals surface area contributed by atoms with Crippen LogP contribution in [0, 0.1) is 0 Å². The molecular weight excluding hydrogens is 196 g/mol. The second-order valence-corrected chi connectivity index (χ2v) is 4.35. The van der Waals surface area contributed by atoms with Crippen molar-refractivity contribution in [3.05, 3.63) is 23.2 Å². The molecule has 2 heterocycles. The number of nitrogen functional groups attached to an aromatic ring is 1. The normalized spacial score (nSPS) is 11.1. The minimum absolute atomic E-state index is 0.247. The van der Waals surface area contributed by atoms with Gasteiger partial charge >= 0.3 is 0 Å². The Morgan fingerprint density at radius 2 is 2.29 bits per heavy atom. The molecule has 0 unspecified atom stereocenters. The zero-order valence-electron chi connectivity index (χ0n) is 8.15. The van der Waals surface area contributed by atoms with Crippen LogP contribution in [0.2, 0.25) is 0 Å². The predicted molar refractivity (Wildman–Crippen MR) is 58.3 cm³/mol. The summed E-state index contributed by atoms with van der Waals surface area (Å²) in [5.74, 6) is 1.14. The van der Waals surface area contributed by atoms with Crippen molar-refractivity contribution in [3.8, 4) is 10.6 Å². The number of anilines is 1. The third-order valence-corrected chi connectivity index (χ3v) is 2.83. The van der Waals surface area contributed by atoms with E-state index < -0.39 is 0 Å². The van der Waals surface area contributed by atoms with Crippen molar-refractivity contribution in [1.29, 1.82) is 0 Å². The Labute approximate surface area is 86.6 Å². The Morgan fingerprint density at radius 1 is 1.50 bits per heavy atom. The van der Waals surface area contributed by atoms with Crippen LogP contribution in [0.15, 0.2) is 21.9 Å². The van der Waals surface area contributed by atoms with E-state index in [1.165, 1.54) is 0 Å². The first-order valence-corrected chi connectivity index (χ1v) is 5.36. The van der Waals surface area contributed by atoms with Crippen molar-refractivity contribution in [2.75, 3.05) is 5.73 Å². The van der Waals surface area contributed by atoms with Gasteiger partial charge in [0.2, 0.25) is 0 Å². The van der Waals surface area contributed by atoms with Crippen molar-refractivity contribution in [2.45, 2.75) is 19.8 Å². The Hall–Kier alpha value is -1.29. The van der Waals surface area contributed by atoms with Crippen LogP contribution in [0.4, 0.5) is 6.01 Å². The van der Waals surface area contributed by atoms with Crippen LogP contribution < -0.4 is 5.73 Å². The lowest BCUT2D eigenvalue weighted by atomic mass is 10.1. The summed E-state index contributed by atoms with van der Waals surface area (Å²) in [6.07, 6.45) is 0. The van der Waals surface area contributed by atoms with Crippen LogP contribution in [-0.2, 0) is 0 Å². The third kappa shape index (κ3) is 1.53. The van der Waals surface area contributed by atoms with Gasteiger partial charge in [0.1, 0.15) is 0 Å². The van der Waals surface area contributed by atoms with E-state index in [9.17, 15) is 0 Å². The fourth-order valence-corrected chi connectivity index (χ4v) is 2.04. The van der Waals surface area contributed by atoms with Crippen LogP contribution >= 0.6 is 11.3 Å². The van der Waals surface area contributed by atoms with Gasteiger partial charge in [0.15, 0.2) is 5.76 Å². The maximum atomic E-state index is 5.55. The summed E-state index contributed by atoms with van der Waals surface area (Å²) >= 11 is 1.63. The summed E-state index contributed by atoms with van der Waals surface area (Å²) in [6, 6.07) is 4.25. The molecule has 0 radical (unpaired) electrons. The standard InChI is InChI=1S/C10H12N2OS/c1-6(2)8-9(13-10(11)12-8)7-4-3-5-14-7/h3-6H,1-2H3,(H2,11,12). The second kappa shape index (κ2) is 3.46. The van der Waals surface area contributed by atoms with Crippen molar-refractivity contribution in [3.63, 3.8) is 0 Å². The Bertz CT molecular complexity index is 417. The lowest BCUT2D eigenvalue weighted by Gasteiger charge is -2.00. The number of aromatic nitrogens is 1. The zero-order chi connectivity index (χ0) is 10.1. The molecule has 0 aliphatic rings. The molecule has 2 aromatic rings. The minimum Gasteiger partial charge on any atom is -0.423 e. The summed E-state index contributed by atoms with van der Waals surface area (Å²) in [7, 11) is 0. The number of nitrogens with two attached hydrogens (primary N) is 1. The maximum Gasteiger partial charge on any atom is 0.292 e. The summed E-state index contributed by atoms with van der Waals surface area (Å²) in [5.41, 5.74) is 6.49. The van der Waals surface area contributed by atoms with E-state index >= 15 is 0 Å². The smallest absolute Gasteiger partial charge is 0.292 e. The van der Waals surface area contributed by atoms with Gasteiger partial charge in [0.25, 0.3) is 6.01 Å². The fraction of sp³-hybridized carbons (Fsp3) is 0.300. The highest BCUT2D eigenvalue weighted by Gasteiger charge is 2.16. The molecule has 0 saturated heterocycles. The Morgan fingerprint density at radius 3 is 2.86 bits per heavy atom. The van der Waals surface area contributed by atoms with E-state index in [1.54, 1.807) is 11.3 Å². The van der Waals surface area contributed by atoms with E-state index in [0.717, 1.165) is 16.3 Å². The molecule has 0 aliphatic heterocycles. The number of oxazole rings is 1. The molecule has 2 aromatic heterocycles. The van der Waals surface area contributed by atoms with Gasteiger partial charge in [-0.05, 0) is 17.4 Å². The van der Waals surface area contributed by atoms with Crippen LogP contribution in [0.3, 0.4) is 0 Å². The highest BCUT2D eigenvalue weighted by atomic mass is 32.1. The summed E-state index contributed by atoms with van der Waals surface area (Å²) in [4.78, 5) is 5.27. The number of hydrogen-bond donors (Lipinski definition) is 1. The summed E-state index contributed by atoms with van der Waals surface area (Å²) in [5, 5.41) is 2.01. The van der Waals surface area contributed by atoms with Crippen molar-refractivity contribution < 1.29 is 4.42 Å². The van der Waals surface area contributed by atoms with Crippen LogP contribution in [0.25, 0.3) is 10.6 Å². The van der Waals surface area contributed by atoms with Gasteiger partial charge in [-0.1, -0.05) is 19.9 Å². The minimum atomic E-state index is 0.247. The monoisotopic (exact) mass is 208 g/mol. The molecule has 0 saturated carbocycles. The Kier molecular flexibility index (Phi) is 2.29. The van der Waals surface area contributed by atoms with E-state index in [1.807, 2.05) is 17.5 Å². The van der Waals surface area contributed by atoms with Gasteiger partial charge < -0.3 is 10.2 Å². The average molecular weight is 208 g/mol. The van der Waals surface area contributed by atoms with Gasteiger partial charge in [-0.3, -0.25) is 0 Å². The SMILES string of the molecule is CC(C)c1nc(N)oc1-c1cccs1. The first-order valence-electron chi connectivity index (χ1n) is 4.48. The van der Waals surface area contributed by atoms with Gasteiger partial charge in [-0.25, -0.2) is 0 Å². The molecule has 2 rings (SSSR count). The van der Waals surface area contributed by atoms with Crippen molar-refractivity contribution >= 4 is 17.4 Å². The molecule has 0 aliphatic carbocycles. The van der Waals surface area contributed by atoms with Crippen molar-refractivity contribution in [2.24, 2.45) is 0 Å². The van der Waals surface area contributed by atoms with Gasteiger partial charge in [-0.2, -0.15) is 4.98 Å². The first kappa shape index (κ1) is 9.27. The lowest BCUT2D eigenvalue weighted by Crippen LogP contribution is -1.90. The van der Waals surface area contributed by atoms with Crippen LogP contribution in [-0.4, -0.2) is 4.98 Å². The molecule has 4 heteroatoms. The number of thiophene rings is 1. The molecule has 14 heavy (non-hydrogen) atoms. The van der Waals surface area contributed by atoms with Crippen LogP contribution in [0.1, 0.15) is 25.5 Å². The highest BCUT2D eigenvalue weighted by Crippen LogP contribution is 2.33. The fourth-order valence-electron chi connectivity index (χ4n) is 1.32. The molecule has 3 nitrogen and oxygen atoms in total. The van der Waals surface area contributed by atoms with Gasteiger partial charge in [-0.15, -0.1) is 11.3 Å². The largest absolute Gasteiger partial charge is 0.423 e. The Balaban J connectivity index is 2.52. The molecule has 0 atom stereocenters. The molecule has 74 valence electrons. The lowest BCUT2D eigenvalue weighted by molar-refractivity contribution is 0.593. The van der Waals surface area contributed by atoms with E-state index in [2.05, 4.69) is 18.8 Å². The number of rotatable bonds is 2. The van der Waals surface area contributed by atoms with E-state index in [0.29, 0.717) is 5.92 Å². The molecule has 2 N–H and O–H groups in total. The topological polar surface area (TPSA) is 52.0 Å². The number of nitrogens with zero attached hydrogens (tertiary/aromatic N) is 1. The maximum absolute atomic E-state index is 5.55. The molecule has 0 fully saturated rings. The van der Waals surface area contributed by atoms with E-state index in [-0.39, 0.29) is 6.01 Å². The number of hydrogen-bond acceptors (Lipinski definition) is 4. The van der Waals surface area contributed by atoms with Crippen LogP contribution in [0.5, 0.6) is 0 Å². The molecule has 0 bridgehead atoms. The van der Waals surface area contributed by atoms with Gasteiger partial charge in [0.05, 0.1) is 10.6 Å². The van der Waals surface area contributed by atoms with Crippen molar-refractivity contribution in [1.82, 2.24) is 4.98 Å². The molecule has 0 aromatic carbocycles.